The van der Waals surface area contributed by atoms with Crippen molar-refractivity contribution in [3.05, 3.63) is 11.9 Å². The highest BCUT2D eigenvalue weighted by atomic mass is 19.4. The molecule has 1 heterocycles. The summed E-state index contributed by atoms with van der Waals surface area (Å²) in [6, 6.07) is 0.676. The fourth-order valence-corrected chi connectivity index (χ4v) is 1.37. The van der Waals surface area contributed by atoms with Crippen molar-refractivity contribution in [2.24, 2.45) is 5.84 Å². The molecule has 1 atom stereocenters. The normalized spacial score (nSPS) is 13.3. The third-order valence-electron chi connectivity index (χ3n) is 1.92. The van der Waals surface area contributed by atoms with Crippen LogP contribution in [0.1, 0.15) is 19.2 Å². The minimum atomic E-state index is -4.20. The molecule has 1 rings (SSSR count). The highest BCUT2D eigenvalue weighted by Gasteiger charge is 2.30. The van der Waals surface area contributed by atoms with Gasteiger partial charge in [0, 0.05) is 12.1 Å². The van der Waals surface area contributed by atoms with Gasteiger partial charge in [-0.1, -0.05) is 0 Å². The number of hydrazine groups is 1. The van der Waals surface area contributed by atoms with Gasteiger partial charge in [0.1, 0.15) is 17.5 Å². The standard InChI is InChI=1S/C9H14F3N5/c1-5(4-9(10,11)12)14-7-3-8(17-13)16-6(2)15-7/h3,5H,4,13H2,1-2H3,(H2,14,15,16,17). The largest absolute Gasteiger partial charge is 0.391 e. The van der Waals surface area contributed by atoms with E-state index < -0.39 is 18.6 Å². The minimum absolute atomic E-state index is 0.308. The van der Waals surface area contributed by atoms with Crippen molar-refractivity contribution in [3.8, 4) is 0 Å². The first-order chi connectivity index (χ1) is 7.80. The van der Waals surface area contributed by atoms with E-state index in [1.165, 1.54) is 13.0 Å². The number of hydrogen-bond donors (Lipinski definition) is 3. The molecule has 0 fully saturated rings. The molecule has 0 saturated heterocycles. The molecule has 1 aromatic heterocycles. The number of nitrogen functional groups attached to an aromatic ring is 1. The van der Waals surface area contributed by atoms with Crippen molar-refractivity contribution in [1.29, 1.82) is 0 Å². The van der Waals surface area contributed by atoms with E-state index in [4.69, 9.17) is 5.84 Å². The van der Waals surface area contributed by atoms with E-state index in [0.717, 1.165) is 0 Å². The van der Waals surface area contributed by atoms with Gasteiger partial charge in [-0.3, -0.25) is 0 Å². The molecule has 17 heavy (non-hydrogen) atoms. The molecule has 1 aromatic rings. The molecule has 96 valence electrons. The third kappa shape index (κ3) is 4.85. The Balaban J connectivity index is 2.71. The molecule has 0 saturated carbocycles. The number of nitrogens with one attached hydrogen (secondary N) is 2. The maximum absolute atomic E-state index is 12.1. The van der Waals surface area contributed by atoms with Crippen LogP contribution in [-0.2, 0) is 0 Å². The first kappa shape index (κ1) is 13.5. The molecule has 8 heteroatoms. The van der Waals surface area contributed by atoms with Crippen LogP contribution in [-0.4, -0.2) is 22.2 Å². The van der Waals surface area contributed by atoms with Crippen LogP contribution in [0.3, 0.4) is 0 Å². The van der Waals surface area contributed by atoms with E-state index in [1.807, 2.05) is 0 Å². The number of aromatic nitrogens is 2. The summed E-state index contributed by atoms with van der Waals surface area (Å²) in [6.45, 7) is 3.06. The number of rotatable bonds is 4. The average molecular weight is 249 g/mol. The second-order valence-electron chi connectivity index (χ2n) is 3.69. The Morgan fingerprint density at radius 2 is 1.94 bits per heavy atom. The summed E-state index contributed by atoms with van der Waals surface area (Å²) >= 11 is 0. The van der Waals surface area contributed by atoms with Gasteiger partial charge in [-0.25, -0.2) is 15.8 Å². The maximum Gasteiger partial charge on any atom is 0.391 e. The summed E-state index contributed by atoms with van der Waals surface area (Å²) in [5.41, 5.74) is 2.32. The molecule has 1 unspecified atom stereocenters. The number of halogens is 3. The number of alkyl halides is 3. The predicted molar refractivity (Wildman–Crippen MR) is 58.3 cm³/mol. The fourth-order valence-electron chi connectivity index (χ4n) is 1.37. The lowest BCUT2D eigenvalue weighted by atomic mass is 10.2. The quantitative estimate of drug-likeness (QED) is 0.560. The van der Waals surface area contributed by atoms with Crippen LogP contribution in [0.2, 0.25) is 0 Å². The Hall–Kier alpha value is -1.57. The smallest absolute Gasteiger partial charge is 0.367 e. The van der Waals surface area contributed by atoms with Crippen molar-refractivity contribution in [2.75, 3.05) is 10.7 Å². The SMILES string of the molecule is Cc1nc(NN)cc(NC(C)CC(F)(F)F)n1. The number of nitrogens with two attached hydrogens (primary N) is 1. The number of hydrogen-bond acceptors (Lipinski definition) is 5. The zero-order valence-corrected chi connectivity index (χ0v) is 9.47. The maximum atomic E-state index is 12.1. The number of anilines is 2. The van der Waals surface area contributed by atoms with E-state index in [2.05, 4.69) is 20.7 Å². The van der Waals surface area contributed by atoms with E-state index in [-0.39, 0.29) is 0 Å². The van der Waals surface area contributed by atoms with Crippen molar-refractivity contribution in [3.63, 3.8) is 0 Å². The highest BCUT2D eigenvalue weighted by Crippen LogP contribution is 2.23. The van der Waals surface area contributed by atoms with Gasteiger partial charge in [0.2, 0.25) is 0 Å². The molecule has 0 aliphatic heterocycles. The molecule has 0 amide bonds. The van der Waals surface area contributed by atoms with Crippen molar-refractivity contribution < 1.29 is 13.2 Å². The van der Waals surface area contributed by atoms with E-state index in [9.17, 15) is 13.2 Å². The first-order valence-electron chi connectivity index (χ1n) is 4.96. The fraction of sp³-hybridized carbons (Fsp3) is 0.556. The molecular weight excluding hydrogens is 235 g/mol. The number of aryl methyl sites for hydroxylation is 1. The van der Waals surface area contributed by atoms with Crippen LogP contribution < -0.4 is 16.6 Å². The summed E-state index contributed by atoms with van der Waals surface area (Å²) in [4.78, 5) is 7.89. The highest BCUT2D eigenvalue weighted by molar-refractivity contribution is 5.47. The van der Waals surface area contributed by atoms with Crippen molar-refractivity contribution in [1.82, 2.24) is 9.97 Å². The van der Waals surface area contributed by atoms with Crippen LogP contribution in [0, 0.1) is 6.92 Å². The zero-order valence-electron chi connectivity index (χ0n) is 9.47. The second-order valence-corrected chi connectivity index (χ2v) is 3.69. The average Bonchev–Trinajstić information content (AvgIpc) is 2.13. The molecule has 0 aromatic carbocycles. The summed E-state index contributed by atoms with van der Waals surface area (Å²) in [5, 5.41) is 2.65. The van der Waals surface area contributed by atoms with Crippen molar-refractivity contribution >= 4 is 11.6 Å². The Bertz CT molecular complexity index is 379. The lowest BCUT2D eigenvalue weighted by Crippen LogP contribution is -2.24. The third-order valence-corrected chi connectivity index (χ3v) is 1.92. The second kappa shape index (κ2) is 5.17. The van der Waals surface area contributed by atoms with E-state index in [1.54, 1.807) is 6.92 Å². The van der Waals surface area contributed by atoms with Gasteiger partial charge in [0.25, 0.3) is 0 Å². The summed E-state index contributed by atoms with van der Waals surface area (Å²) < 4.78 is 36.4. The predicted octanol–water partition coefficient (Wildman–Crippen LogP) is 1.82. The Kier molecular flexibility index (Phi) is 4.11. The Labute approximate surface area is 96.6 Å². The Morgan fingerprint density at radius 3 is 2.47 bits per heavy atom. The van der Waals surface area contributed by atoms with Gasteiger partial charge in [-0.2, -0.15) is 13.2 Å². The van der Waals surface area contributed by atoms with Gasteiger partial charge in [-0.05, 0) is 13.8 Å². The lowest BCUT2D eigenvalue weighted by molar-refractivity contribution is -0.136. The van der Waals surface area contributed by atoms with Gasteiger partial charge >= 0.3 is 6.18 Å². The van der Waals surface area contributed by atoms with Gasteiger partial charge < -0.3 is 10.7 Å². The van der Waals surface area contributed by atoms with Crippen molar-refractivity contribution in [2.45, 2.75) is 32.5 Å². The van der Waals surface area contributed by atoms with Crippen LogP contribution in [0.15, 0.2) is 6.07 Å². The Morgan fingerprint density at radius 1 is 1.35 bits per heavy atom. The summed E-state index contributed by atoms with van der Waals surface area (Å²) in [7, 11) is 0. The minimum Gasteiger partial charge on any atom is -0.367 e. The van der Waals surface area contributed by atoms with E-state index >= 15 is 0 Å². The zero-order chi connectivity index (χ0) is 13.1. The summed E-state index contributed by atoms with van der Waals surface area (Å²) in [5.74, 6) is 6.24. The molecular formula is C9H14F3N5. The first-order valence-corrected chi connectivity index (χ1v) is 4.96. The topological polar surface area (TPSA) is 75.9 Å². The number of nitrogens with zero attached hydrogens (tertiary/aromatic N) is 2. The van der Waals surface area contributed by atoms with Crippen LogP contribution >= 0.6 is 0 Å². The van der Waals surface area contributed by atoms with Gasteiger partial charge in [0.05, 0.1) is 6.42 Å². The monoisotopic (exact) mass is 249 g/mol. The lowest BCUT2D eigenvalue weighted by Gasteiger charge is -2.16. The van der Waals surface area contributed by atoms with E-state index in [0.29, 0.717) is 17.5 Å². The van der Waals surface area contributed by atoms with Crippen LogP contribution in [0.5, 0.6) is 0 Å². The summed E-state index contributed by atoms with van der Waals surface area (Å²) in [6.07, 6.45) is -5.13. The molecule has 4 N–H and O–H groups in total. The molecule has 0 bridgehead atoms. The molecule has 0 aliphatic carbocycles. The van der Waals surface area contributed by atoms with Gasteiger partial charge in [-0.15, -0.1) is 0 Å². The molecule has 0 radical (unpaired) electrons. The molecule has 0 spiro atoms. The van der Waals surface area contributed by atoms with Crippen LogP contribution in [0.4, 0.5) is 24.8 Å². The molecule has 0 aliphatic rings. The van der Waals surface area contributed by atoms with Crippen LogP contribution in [0.25, 0.3) is 0 Å². The van der Waals surface area contributed by atoms with Gasteiger partial charge in [0.15, 0.2) is 0 Å². The molecule has 5 nitrogen and oxygen atoms in total.